The van der Waals surface area contributed by atoms with Crippen LogP contribution >= 0.6 is 0 Å². The monoisotopic (exact) mass is 270 g/mol. The number of aliphatic carboxylic acids is 1. The number of amides is 1. The van der Waals surface area contributed by atoms with Gasteiger partial charge < -0.3 is 20.5 Å². The molecule has 0 bridgehead atoms. The lowest BCUT2D eigenvalue weighted by Gasteiger charge is -2.33. The van der Waals surface area contributed by atoms with Gasteiger partial charge in [0.25, 0.3) is 5.91 Å². The SMILES string of the molecule is NCC1CCC(C(=O)N2CCCC(CC(=O)O)C2)O1. The van der Waals surface area contributed by atoms with Crippen LogP contribution in [0.4, 0.5) is 0 Å². The lowest BCUT2D eigenvalue weighted by Crippen LogP contribution is -2.45. The van der Waals surface area contributed by atoms with E-state index < -0.39 is 5.97 Å². The van der Waals surface area contributed by atoms with E-state index in [-0.39, 0.29) is 30.5 Å². The summed E-state index contributed by atoms with van der Waals surface area (Å²) >= 11 is 0. The fourth-order valence-electron chi connectivity index (χ4n) is 2.94. The molecule has 2 aliphatic heterocycles. The molecule has 0 aromatic heterocycles. The molecule has 0 aromatic rings. The third kappa shape index (κ3) is 3.67. The lowest BCUT2D eigenvalue weighted by molar-refractivity contribution is -0.146. The first kappa shape index (κ1) is 14.3. The molecule has 6 heteroatoms. The summed E-state index contributed by atoms with van der Waals surface area (Å²) in [5, 5.41) is 8.83. The average Bonchev–Trinajstić information content (AvgIpc) is 2.86. The third-order valence-electron chi connectivity index (χ3n) is 3.94. The Hall–Kier alpha value is -1.14. The number of carbonyl (C=O) groups is 2. The van der Waals surface area contributed by atoms with E-state index in [9.17, 15) is 9.59 Å². The van der Waals surface area contributed by atoms with Crippen molar-refractivity contribution in [3.63, 3.8) is 0 Å². The molecule has 3 atom stereocenters. The number of rotatable bonds is 4. The van der Waals surface area contributed by atoms with Crippen molar-refractivity contribution < 1.29 is 19.4 Å². The molecule has 2 aliphatic rings. The predicted octanol–water partition coefficient (Wildman–Crippen LogP) is 0.206. The number of likely N-dealkylation sites (tertiary alicyclic amines) is 1. The number of ether oxygens (including phenoxy) is 1. The van der Waals surface area contributed by atoms with Crippen molar-refractivity contribution >= 4 is 11.9 Å². The molecule has 2 heterocycles. The molecule has 0 aliphatic carbocycles. The van der Waals surface area contributed by atoms with Crippen LogP contribution in [-0.2, 0) is 14.3 Å². The first-order chi connectivity index (χ1) is 9.10. The normalized spacial score (nSPS) is 31.4. The Morgan fingerprint density at radius 1 is 1.32 bits per heavy atom. The Balaban J connectivity index is 1.87. The highest BCUT2D eigenvalue weighted by molar-refractivity contribution is 5.81. The molecule has 2 rings (SSSR count). The van der Waals surface area contributed by atoms with E-state index in [0.29, 0.717) is 19.6 Å². The molecule has 0 saturated carbocycles. The van der Waals surface area contributed by atoms with Crippen LogP contribution < -0.4 is 5.73 Å². The minimum absolute atomic E-state index is 0.00559. The quantitative estimate of drug-likeness (QED) is 0.761. The van der Waals surface area contributed by atoms with Crippen LogP contribution in [0.1, 0.15) is 32.1 Å². The summed E-state index contributed by atoms with van der Waals surface area (Å²) in [6.45, 7) is 1.70. The maximum Gasteiger partial charge on any atom is 0.303 e. The molecule has 2 fully saturated rings. The van der Waals surface area contributed by atoms with Gasteiger partial charge in [-0.3, -0.25) is 9.59 Å². The summed E-state index contributed by atoms with van der Waals surface area (Å²) in [6, 6.07) is 0. The lowest BCUT2D eigenvalue weighted by atomic mass is 9.94. The van der Waals surface area contributed by atoms with Gasteiger partial charge in [0.1, 0.15) is 6.10 Å². The van der Waals surface area contributed by atoms with Gasteiger partial charge in [0.15, 0.2) is 0 Å². The van der Waals surface area contributed by atoms with E-state index in [1.807, 2.05) is 0 Å². The Morgan fingerprint density at radius 3 is 2.74 bits per heavy atom. The van der Waals surface area contributed by atoms with E-state index in [0.717, 1.165) is 25.7 Å². The van der Waals surface area contributed by atoms with Crippen LogP contribution in [-0.4, -0.2) is 53.7 Å². The van der Waals surface area contributed by atoms with Gasteiger partial charge in [0, 0.05) is 26.1 Å². The van der Waals surface area contributed by atoms with Crippen LogP contribution in [0.3, 0.4) is 0 Å². The number of nitrogens with two attached hydrogens (primary N) is 1. The van der Waals surface area contributed by atoms with Gasteiger partial charge in [-0.15, -0.1) is 0 Å². The number of hydrogen-bond donors (Lipinski definition) is 2. The van der Waals surface area contributed by atoms with Gasteiger partial charge >= 0.3 is 5.97 Å². The number of carboxylic acid groups (broad SMARTS) is 1. The molecule has 108 valence electrons. The van der Waals surface area contributed by atoms with Crippen LogP contribution in [0.25, 0.3) is 0 Å². The standard InChI is InChI=1S/C13H22N2O4/c14-7-10-3-4-11(19-10)13(18)15-5-1-2-9(8-15)6-12(16)17/h9-11H,1-8,14H2,(H,16,17). The Bertz CT molecular complexity index is 348. The molecule has 3 N–H and O–H groups in total. The zero-order valence-corrected chi connectivity index (χ0v) is 11.1. The van der Waals surface area contributed by atoms with Gasteiger partial charge in [-0.05, 0) is 31.6 Å². The van der Waals surface area contributed by atoms with Crippen molar-refractivity contribution in [2.75, 3.05) is 19.6 Å². The molecule has 0 spiro atoms. The predicted molar refractivity (Wildman–Crippen MR) is 68.5 cm³/mol. The molecule has 2 saturated heterocycles. The van der Waals surface area contributed by atoms with E-state index in [1.54, 1.807) is 4.90 Å². The smallest absolute Gasteiger partial charge is 0.303 e. The molecular weight excluding hydrogens is 248 g/mol. The van der Waals surface area contributed by atoms with E-state index >= 15 is 0 Å². The van der Waals surface area contributed by atoms with E-state index in [1.165, 1.54) is 0 Å². The molecule has 6 nitrogen and oxygen atoms in total. The van der Waals surface area contributed by atoms with Crippen molar-refractivity contribution in [2.45, 2.75) is 44.3 Å². The second-order valence-corrected chi connectivity index (χ2v) is 5.45. The van der Waals surface area contributed by atoms with Crippen LogP contribution in [0.5, 0.6) is 0 Å². The second-order valence-electron chi connectivity index (χ2n) is 5.45. The highest BCUT2D eigenvalue weighted by Crippen LogP contribution is 2.25. The zero-order valence-electron chi connectivity index (χ0n) is 11.1. The summed E-state index contributed by atoms with van der Waals surface area (Å²) < 4.78 is 5.61. The number of hydrogen-bond acceptors (Lipinski definition) is 4. The number of nitrogens with zero attached hydrogens (tertiary/aromatic N) is 1. The highest BCUT2D eigenvalue weighted by Gasteiger charge is 2.35. The van der Waals surface area contributed by atoms with Gasteiger partial charge in [-0.2, -0.15) is 0 Å². The Labute approximate surface area is 112 Å². The maximum atomic E-state index is 12.3. The molecule has 1 amide bonds. The van der Waals surface area contributed by atoms with E-state index in [4.69, 9.17) is 15.6 Å². The Kier molecular flexibility index (Phi) is 4.76. The topological polar surface area (TPSA) is 92.9 Å². The van der Waals surface area contributed by atoms with Crippen LogP contribution in [0, 0.1) is 5.92 Å². The van der Waals surface area contributed by atoms with Crippen LogP contribution in [0.15, 0.2) is 0 Å². The van der Waals surface area contributed by atoms with Crippen molar-refractivity contribution in [1.82, 2.24) is 4.90 Å². The van der Waals surface area contributed by atoms with Crippen molar-refractivity contribution in [1.29, 1.82) is 0 Å². The van der Waals surface area contributed by atoms with Gasteiger partial charge in [-0.25, -0.2) is 0 Å². The van der Waals surface area contributed by atoms with Crippen molar-refractivity contribution in [3.05, 3.63) is 0 Å². The van der Waals surface area contributed by atoms with Crippen molar-refractivity contribution in [2.24, 2.45) is 11.7 Å². The van der Waals surface area contributed by atoms with Gasteiger partial charge in [0.05, 0.1) is 6.10 Å². The fourth-order valence-corrected chi connectivity index (χ4v) is 2.94. The molecule has 0 radical (unpaired) electrons. The zero-order chi connectivity index (χ0) is 13.8. The van der Waals surface area contributed by atoms with Gasteiger partial charge in [0.2, 0.25) is 0 Å². The summed E-state index contributed by atoms with van der Waals surface area (Å²) in [5.41, 5.74) is 5.54. The maximum absolute atomic E-state index is 12.3. The Morgan fingerprint density at radius 2 is 2.11 bits per heavy atom. The molecule has 0 aromatic carbocycles. The minimum atomic E-state index is -0.792. The first-order valence-corrected chi connectivity index (χ1v) is 6.96. The number of carbonyl (C=O) groups excluding carboxylic acids is 1. The summed E-state index contributed by atoms with van der Waals surface area (Å²) in [4.78, 5) is 24.8. The van der Waals surface area contributed by atoms with Crippen LogP contribution in [0.2, 0.25) is 0 Å². The molecule has 19 heavy (non-hydrogen) atoms. The summed E-state index contributed by atoms with van der Waals surface area (Å²) in [5.74, 6) is -0.715. The molecular formula is C13H22N2O4. The average molecular weight is 270 g/mol. The largest absolute Gasteiger partial charge is 0.481 e. The summed E-state index contributed by atoms with van der Waals surface area (Å²) in [6.07, 6.45) is 3.07. The number of piperidine rings is 1. The fraction of sp³-hybridized carbons (Fsp3) is 0.846. The first-order valence-electron chi connectivity index (χ1n) is 6.96. The molecule has 3 unspecified atom stereocenters. The third-order valence-corrected chi connectivity index (χ3v) is 3.94. The number of carboxylic acids is 1. The van der Waals surface area contributed by atoms with E-state index in [2.05, 4.69) is 0 Å². The minimum Gasteiger partial charge on any atom is -0.481 e. The van der Waals surface area contributed by atoms with Crippen molar-refractivity contribution in [3.8, 4) is 0 Å². The van der Waals surface area contributed by atoms with Gasteiger partial charge in [-0.1, -0.05) is 0 Å². The highest BCUT2D eigenvalue weighted by atomic mass is 16.5. The summed E-state index contributed by atoms with van der Waals surface area (Å²) in [7, 11) is 0. The second kappa shape index (κ2) is 6.34.